The normalized spacial score (nSPS) is 19.9. The van der Waals surface area contributed by atoms with Crippen molar-refractivity contribution in [2.75, 3.05) is 6.61 Å². The Morgan fingerprint density at radius 1 is 1.42 bits per heavy atom. The number of aryl methyl sites for hydroxylation is 1. The molecule has 0 saturated carbocycles. The van der Waals surface area contributed by atoms with Gasteiger partial charge in [0.2, 0.25) is 0 Å². The third-order valence-corrected chi connectivity index (χ3v) is 4.50. The maximum absolute atomic E-state index is 5.79. The van der Waals surface area contributed by atoms with Crippen LogP contribution in [0.1, 0.15) is 25.7 Å². The van der Waals surface area contributed by atoms with Crippen molar-refractivity contribution >= 4 is 39.2 Å². The Bertz CT molecular complexity index is 628. The topological polar surface area (TPSA) is 29.9 Å². The zero-order chi connectivity index (χ0) is 13.2. The molecule has 2 aromatic rings. The number of ether oxygens (including phenoxy) is 1. The van der Waals surface area contributed by atoms with Crippen LogP contribution in [0.15, 0.2) is 22.7 Å². The molecule has 2 heterocycles. The van der Waals surface area contributed by atoms with Gasteiger partial charge in [0.25, 0.3) is 0 Å². The molecule has 1 fully saturated rings. The van der Waals surface area contributed by atoms with Gasteiger partial charge in [-0.1, -0.05) is 15.9 Å². The number of imidazole rings is 1. The van der Waals surface area contributed by atoms with E-state index in [1.54, 1.807) is 0 Å². The maximum Gasteiger partial charge on any atom is 0.178 e. The molecule has 0 spiro atoms. The minimum absolute atomic E-state index is 0.396. The van der Waals surface area contributed by atoms with Crippen molar-refractivity contribution in [3.05, 3.63) is 27.4 Å². The SMILES string of the molecule is S=c1[nH]c2ccc(Br)cc2n1CCC1CCCCO1. The molecular weight excluding hydrogens is 324 g/mol. The lowest BCUT2D eigenvalue weighted by atomic mass is 10.1. The highest BCUT2D eigenvalue weighted by Gasteiger charge is 2.14. The molecule has 1 N–H and O–H groups in total. The maximum atomic E-state index is 5.79. The van der Waals surface area contributed by atoms with Gasteiger partial charge in [0.05, 0.1) is 17.1 Å². The van der Waals surface area contributed by atoms with E-state index >= 15 is 0 Å². The summed E-state index contributed by atoms with van der Waals surface area (Å²) in [6.45, 7) is 1.83. The van der Waals surface area contributed by atoms with E-state index in [2.05, 4.69) is 37.6 Å². The van der Waals surface area contributed by atoms with E-state index in [0.717, 1.165) is 39.8 Å². The van der Waals surface area contributed by atoms with Crippen molar-refractivity contribution < 1.29 is 4.74 Å². The molecule has 1 aliphatic rings. The molecule has 102 valence electrons. The van der Waals surface area contributed by atoms with E-state index in [9.17, 15) is 0 Å². The predicted molar refractivity (Wildman–Crippen MR) is 83.0 cm³/mol. The van der Waals surface area contributed by atoms with Crippen LogP contribution >= 0.6 is 28.1 Å². The molecule has 19 heavy (non-hydrogen) atoms. The Morgan fingerprint density at radius 2 is 2.32 bits per heavy atom. The number of nitrogens with zero attached hydrogens (tertiary/aromatic N) is 1. The molecule has 1 aliphatic heterocycles. The molecule has 0 radical (unpaired) electrons. The van der Waals surface area contributed by atoms with Gasteiger partial charge in [0, 0.05) is 17.6 Å². The second kappa shape index (κ2) is 5.77. The Labute approximate surface area is 126 Å². The molecule has 1 aromatic heterocycles. The van der Waals surface area contributed by atoms with Crippen molar-refractivity contribution in [1.29, 1.82) is 0 Å². The van der Waals surface area contributed by atoms with E-state index in [-0.39, 0.29) is 0 Å². The fourth-order valence-corrected chi connectivity index (χ4v) is 3.30. The molecule has 1 unspecified atom stereocenters. The first-order valence-corrected chi connectivity index (χ1v) is 7.94. The highest BCUT2D eigenvalue weighted by Crippen LogP contribution is 2.22. The molecule has 3 rings (SSSR count). The number of H-pyrrole nitrogens is 1. The van der Waals surface area contributed by atoms with Crippen LogP contribution in [0.4, 0.5) is 0 Å². The average molecular weight is 341 g/mol. The monoisotopic (exact) mass is 340 g/mol. The zero-order valence-electron chi connectivity index (χ0n) is 10.7. The quantitative estimate of drug-likeness (QED) is 0.838. The summed E-state index contributed by atoms with van der Waals surface area (Å²) < 4.78 is 9.83. The molecule has 1 aromatic carbocycles. The van der Waals surface area contributed by atoms with E-state index in [1.807, 2.05) is 6.07 Å². The number of hydrogen-bond acceptors (Lipinski definition) is 2. The molecule has 0 aliphatic carbocycles. The standard InChI is InChI=1S/C14H17BrN2OS/c15-10-4-5-12-13(9-10)17(14(19)16-12)7-6-11-3-1-2-8-18-11/h4-5,9,11H,1-3,6-8H2,(H,16,19). The van der Waals surface area contributed by atoms with E-state index in [1.165, 1.54) is 19.3 Å². The minimum atomic E-state index is 0.396. The molecule has 5 heteroatoms. The van der Waals surface area contributed by atoms with Gasteiger partial charge in [-0.15, -0.1) is 0 Å². The van der Waals surface area contributed by atoms with E-state index in [0.29, 0.717) is 6.10 Å². The van der Waals surface area contributed by atoms with Crippen LogP contribution in [0, 0.1) is 4.77 Å². The lowest BCUT2D eigenvalue weighted by molar-refractivity contribution is 0.00892. The Balaban J connectivity index is 1.81. The Hall–Kier alpha value is -0.650. The fourth-order valence-electron chi connectivity index (χ4n) is 2.66. The number of halogens is 1. The van der Waals surface area contributed by atoms with Gasteiger partial charge in [-0.3, -0.25) is 0 Å². The van der Waals surface area contributed by atoms with Gasteiger partial charge in [0.15, 0.2) is 4.77 Å². The van der Waals surface area contributed by atoms with Crippen molar-refractivity contribution in [2.45, 2.75) is 38.3 Å². The molecular formula is C14H17BrN2OS. The molecule has 3 nitrogen and oxygen atoms in total. The Morgan fingerprint density at radius 3 is 3.11 bits per heavy atom. The highest BCUT2D eigenvalue weighted by atomic mass is 79.9. The highest BCUT2D eigenvalue weighted by molar-refractivity contribution is 9.10. The summed E-state index contributed by atoms with van der Waals surface area (Å²) in [6, 6.07) is 6.20. The van der Waals surface area contributed by atoms with Crippen LogP contribution in [0.5, 0.6) is 0 Å². The second-order valence-electron chi connectivity index (χ2n) is 5.02. The first-order chi connectivity index (χ1) is 9.24. The van der Waals surface area contributed by atoms with Crippen LogP contribution in [-0.4, -0.2) is 22.3 Å². The van der Waals surface area contributed by atoms with Gasteiger partial charge < -0.3 is 14.3 Å². The number of benzene rings is 1. The smallest absolute Gasteiger partial charge is 0.178 e. The summed E-state index contributed by atoms with van der Waals surface area (Å²) in [4.78, 5) is 3.26. The van der Waals surface area contributed by atoms with Crippen molar-refractivity contribution in [3.8, 4) is 0 Å². The lowest BCUT2D eigenvalue weighted by Crippen LogP contribution is -2.20. The molecule has 1 saturated heterocycles. The van der Waals surface area contributed by atoms with E-state index < -0.39 is 0 Å². The number of aromatic amines is 1. The third-order valence-electron chi connectivity index (χ3n) is 3.69. The summed E-state index contributed by atoms with van der Waals surface area (Å²) in [5.41, 5.74) is 2.26. The first kappa shape index (κ1) is 13.3. The van der Waals surface area contributed by atoms with Crippen LogP contribution in [0.2, 0.25) is 0 Å². The van der Waals surface area contributed by atoms with Crippen LogP contribution < -0.4 is 0 Å². The second-order valence-corrected chi connectivity index (χ2v) is 6.32. The fraction of sp³-hybridized carbons (Fsp3) is 0.500. The van der Waals surface area contributed by atoms with Gasteiger partial charge >= 0.3 is 0 Å². The van der Waals surface area contributed by atoms with Gasteiger partial charge in [-0.05, 0) is 56.1 Å². The van der Waals surface area contributed by atoms with Crippen molar-refractivity contribution in [3.63, 3.8) is 0 Å². The number of nitrogens with one attached hydrogen (secondary N) is 1. The van der Waals surface area contributed by atoms with Crippen LogP contribution in [-0.2, 0) is 11.3 Å². The lowest BCUT2D eigenvalue weighted by Gasteiger charge is -2.22. The summed E-state index contributed by atoms with van der Waals surface area (Å²) in [7, 11) is 0. The Kier molecular flexibility index (Phi) is 4.05. The largest absolute Gasteiger partial charge is 0.378 e. The third kappa shape index (κ3) is 2.93. The average Bonchev–Trinajstić information content (AvgIpc) is 2.73. The summed E-state index contributed by atoms with van der Waals surface area (Å²) in [5, 5.41) is 0. The van der Waals surface area contributed by atoms with Crippen LogP contribution in [0.25, 0.3) is 11.0 Å². The minimum Gasteiger partial charge on any atom is -0.378 e. The number of rotatable bonds is 3. The van der Waals surface area contributed by atoms with Crippen molar-refractivity contribution in [2.24, 2.45) is 0 Å². The summed E-state index contributed by atoms with van der Waals surface area (Å²) >= 11 is 8.93. The van der Waals surface area contributed by atoms with Crippen LogP contribution in [0.3, 0.4) is 0 Å². The number of aromatic nitrogens is 2. The predicted octanol–water partition coefficient (Wildman–Crippen LogP) is 4.42. The summed E-state index contributed by atoms with van der Waals surface area (Å²) in [6.07, 6.45) is 5.10. The molecule has 0 amide bonds. The van der Waals surface area contributed by atoms with Gasteiger partial charge in [-0.2, -0.15) is 0 Å². The van der Waals surface area contributed by atoms with Crippen molar-refractivity contribution in [1.82, 2.24) is 9.55 Å². The summed E-state index contributed by atoms with van der Waals surface area (Å²) in [5.74, 6) is 0. The number of fused-ring (bicyclic) bond motifs is 1. The molecule has 1 atom stereocenters. The number of hydrogen-bond donors (Lipinski definition) is 1. The first-order valence-electron chi connectivity index (χ1n) is 6.74. The molecule has 0 bridgehead atoms. The van der Waals surface area contributed by atoms with Gasteiger partial charge in [0.1, 0.15) is 0 Å². The van der Waals surface area contributed by atoms with Gasteiger partial charge in [-0.25, -0.2) is 0 Å². The zero-order valence-corrected chi connectivity index (χ0v) is 13.1. The van der Waals surface area contributed by atoms with E-state index in [4.69, 9.17) is 17.0 Å².